The van der Waals surface area contributed by atoms with Gasteiger partial charge in [-0.3, -0.25) is 9.36 Å². The highest BCUT2D eigenvalue weighted by Gasteiger charge is 2.57. The van der Waals surface area contributed by atoms with Crippen LogP contribution in [0, 0.1) is 11.3 Å². The first-order chi connectivity index (χ1) is 16.1. The Labute approximate surface area is 196 Å². The number of aliphatic hydroxyl groups is 2. The number of nitrogens with two attached hydrogens (primary N) is 1. The smallest absolute Gasteiger partial charge is 0.323 e. The van der Waals surface area contributed by atoms with E-state index in [0.29, 0.717) is 11.2 Å². The van der Waals surface area contributed by atoms with E-state index in [1.807, 2.05) is 6.07 Å². The van der Waals surface area contributed by atoms with Crippen LogP contribution >= 0.6 is 7.52 Å². The molecule has 4 rings (SSSR count). The van der Waals surface area contributed by atoms with E-state index in [-0.39, 0.29) is 11.8 Å². The highest BCUT2D eigenvalue weighted by atomic mass is 31.2. The van der Waals surface area contributed by atoms with Crippen molar-refractivity contribution in [3.63, 3.8) is 0 Å². The molecule has 1 saturated carbocycles. The summed E-state index contributed by atoms with van der Waals surface area (Å²) in [4.78, 5) is 12.2. The van der Waals surface area contributed by atoms with Crippen molar-refractivity contribution in [2.75, 3.05) is 19.0 Å². The molecule has 0 radical (unpaired) electrons. The van der Waals surface area contributed by atoms with E-state index in [1.54, 1.807) is 12.1 Å². The Bertz CT molecular complexity index is 1160. The number of hydrogen-bond donors (Lipinski definition) is 4. The summed E-state index contributed by atoms with van der Waals surface area (Å²) in [7, 11) is -3.53. The van der Waals surface area contributed by atoms with Gasteiger partial charge in [-0.1, -0.05) is 0 Å². The van der Waals surface area contributed by atoms with Crippen LogP contribution in [0.1, 0.15) is 31.9 Å². The van der Waals surface area contributed by atoms with Crippen LogP contribution in [0.3, 0.4) is 0 Å². The third kappa shape index (κ3) is 4.43. The first-order valence-corrected chi connectivity index (χ1v) is 13.0. The lowest BCUT2D eigenvalue weighted by Gasteiger charge is -2.28. The average Bonchev–Trinajstić information content (AvgIpc) is 3.30. The van der Waals surface area contributed by atoms with E-state index < -0.39 is 50.1 Å². The van der Waals surface area contributed by atoms with Gasteiger partial charge in [0.05, 0.1) is 23.5 Å². The molecule has 0 amide bonds. The maximum Gasteiger partial charge on any atom is 0.323 e. The van der Waals surface area contributed by atoms with Gasteiger partial charge in [-0.25, -0.2) is 9.60 Å². The molecule has 1 saturated heterocycles. The molecule has 3 heterocycles. The molecular formula is C21H28N5O7P. The van der Waals surface area contributed by atoms with Crippen molar-refractivity contribution < 1.29 is 33.6 Å². The second-order valence-corrected chi connectivity index (χ2v) is 10.9. The average molecular weight is 493 g/mol. The number of hydrogen-bond acceptors (Lipinski definition) is 10. The van der Waals surface area contributed by atoms with Crippen LogP contribution < -0.4 is 10.8 Å². The summed E-state index contributed by atoms with van der Waals surface area (Å²) >= 11 is 0. The first-order valence-electron chi connectivity index (χ1n) is 11.0. The van der Waals surface area contributed by atoms with E-state index >= 15 is 0 Å². The number of nitrogens with one attached hydrogen (secondary N) is 1. The molecule has 1 aliphatic carbocycles. The topological polar surface area (TPSA) is 181 Å². The summed E-state index contributed by atoms with van der Waals surface area (Å²) < 4.78 is 30.8. The van der Waals surface area contributed by atoms with Crippen LogP contribution in [-0.2, 0) is 29.0 Å². The number of ether oxygens (including phenoxy) is 2. The normalized spacial score (nSPS) is 29.8. The monoisotopic (exact) mass is 493 g/mol. The van der Waals surface area contributed by atoms with E-state index in [4.69, 9.17) is 19.7 Å². The molecule has 1 aliphatic heterocycles. The van der Waals surface area contributed by atoms with E-state index in [1.165, 1.54) is 30.4 Å². The molecule has 0 bridgehead atoms. The molecule has 2 aromatic rings. The fourth-order valence-electron chi connectivity index (χ4n) is 4.05. The summed E-state index contributed by atoms with van der Waals surface area (Å²) in [6.07, 6.45) is -0.376. The van der Waals surface area contributed by atoms with Crippen LogP contribution in [0.15, 0.2) is 24.4 Å². The highest BCUT2D eigenvalue weighted by molar-refractivity contribution is 7.56. The van der Waals surface area contributed by atoms with Gasteiger partial charge in [0.25, 0.3) is 7.52 Å². The fourth-order valence-corrected chi connectivity index (χ4v) is 5.36. The summed E-state index contributed by atoms with van der Waals surface area (Å²) in [5.74, 6) is -0.529. The molecule has 2 aliphatic rings. The maximum absolute atomic E-state index is 12.9. The van der Waals surface area contributed by atoms with Gasteiger partial charge in [-0.2, -0.15) is 10.4 Å². The quantitative estimate of drug-likeness (QED) is 0.300. The lowest BCUT2D eigenvalue weighted by Crippen LogP contribution is -2.41. The summed E-state index contributed by atoms with van der Waals surface area (Å²) in [5.41, 5.74) is 5.07. The summed E-state index contributed by atoms with van der Waals surface area (Å²) in [5, 5.41) is 38.1. The molecule has 0 spiro atoms. The molecule has 2 fully saturated rings. The number of nitrogens with zero attached hydrogens (tertiary/aromatic N) is 3. The number of anilines is 1. The van der Waals surface area contributed by atoms with Crippen molar-refractivity contribution in [2.24, 2.45) is 0 Å². The van der Waals surface area contributed by atoms with Gasteiger partial charge in [-0.15, -0.1) is 0 Å². The van der Waals surface area contributed by atoms with Gasteiger partial charge >= 0.3 is 5.97 Å². The minimum atomic E-state index is -3.53. The maximum atomic E-state index is 12.9. The number of esters is 1. The van der Waals surface area contributed by atoms with Gasteiger partial charge in [0.1, 0.15) is 36.5 Å². The van der Waals surface area contributed by atoms with Crippen molar-refractivity contribution in [2.45, 2.75) is 62.2 Å². The number of fused-ring (bicyclic) bond motifs is 1. The minimum absolute atomic E-state index is 0.105. The van der Waals surface area contributed by atoms with Gasteiger partial charge in [0, 0.05) is 12.9 Å². The van der Waals surface area contributed by atoms with E-state index in [2.05, 4.69) is 10.2 Å². The van der Waals surface area contributed by atoms with Gasteiger partial charge < -0.3 is 29.9 Å². The zero-order valence-electron chi connectivity index (χ0n) is 18.8. The molecule has 1 unspecified atom stereocenters. The predicted octanol–water partition coefficient (Wildman–Crippen LogP) is 0.669. The van der Waals surface area contributed by atoms with E-state index in [9.17, 15) is 24.8 Å². The Morgan fingerprint density at radius 2 is 2.21 bits per heavy atom. The molecule has 13 heteroatoms. The molecule has 34 heavy (non-hydrogen) atoms. The Hall–Kier alpha value is -2.52. The fraction of sp³-hybridized carbons (Fsp3) is 0.571. The predicted molar refractivity (Wildman–Crippen MR) is 120 cm³/mol. The Kier molecular flexibility index (Phi) is 6.70. The van der Waals surface area contributed by atoms with E-state index in [0.717, 1.165) is 19.3 Å². The first kappa shape index (κ1) is 24.6. The molecule has 2 aromatic heterocycles. The van der Waals surface area contributed by atoms with Crippen LogP contribution in [0.5, 0.6) is 0 Å². The zero-order valence-corrected chi connectivity index (χ0v) is 19.7. The van der Waals surface area contributed by atoms with Crippen LogP contribution in [0.4, 0.5) is 5.69 Å². The molecule has 6 atom stereocenters. The SMILES string of the molecule is C[C@H](NP(C)(=O)OC[C@H]1O[C@@](C#N)(c2ccc3c(N)ccnn23)[C@H](O)[C@@H]1O)C(=O)OC1CCC1. The number of carbonyl (C=O) groups excluding carboxylic acids is 1. The number of aliphatic hydroxyl groups excluding tert-OH is 2. The number of nitrogen functional groups attached to an aromatic ring is 1. The zero-order chi connectivity index (χ0) is 24.7. The Morgan fingerprint density at radius 1 is 1.47 bits per heavy atom. The van der Waals surface area contributed by atoms with Crippen molar-refractivity contribution in [3.8, 4) is 6.07 Å². The van der Waals surface area contributed by atoms with Gasteiger partial charge in [-0.05, 0) is 44.4 Å². The molecular weight excluding hydrogens is 465 g/mol. The molecule has 12 nitrogen and oxygen atoms in total. The van der Waals surface area contributed by atoms with Crippen molar-refractivity contribution in [1.82, 2.24) is 14.7 Å². The standard InChI is InChI=1S/C21H28N5O7P/c1-12(20(29)32-13-4-3-5-13)25-34(2,30)31-10-16-18(27)19(28)21(11-22,33-16)17-7-6-15-14(23)8-9-24-26(15)17/h6-9,12-13,16,18-19,27-28H,3-5,10,23H2,1-2H3,(H,25,30)/t12-,16+,18+,19+,21-,34?/m0/s1. The second kappa shape index (κ2) is 9.26. The van der Waals surface area contributed by atoms with Crippen LogP contribution in [0.25, 0.3) is 5.52 Å². The number of nitriles is 1. The summed E-state index contributed by atoms with van der Waals surface area (Å²) in [6.45, 7) is 2.39. The lowest BCUT2D eigenvalue weighted by atomic mass is 9.92. The largest absolute Gasteiger partial charge is 0.461 e. The lowest BCUT2D eigenvalue weighted by molar-refractivity contribution is -0.154. The van der Waals surface area contributed by atoms with Crippen LogP contribution in [0.2, 0.25) is 0 Å². The minimum Gasteiger partial charge on any atom is -0.461 e. The highest BCUT2D eigenvalue weighted by Crippen LogP contribution is 2.44. The third-order valence-electron chi connectivity index (χ3n) is 6.19. The van der Waals surface area contributed by atoms with Crippen molar-refractivity contribution in [3.05, 3.63) is 30.1 Å². The number of rotatable bonds is 8. The molecule has 5 N–H and O–H groups in total. The number of aromatic nitrogens is 2. The molecule has 0 aromatic carbocycles. The van der Waals surface area contributed by atoms with Gasteiger partial charge in [0.2, 0.25) is 5.60 Å². The van der Waals surface area contributed by atoms with Crippen LogP contribution in [-0.4, -0.2) is 69.5 Å². The number of carbonyl (C=O) groups is 1. The van der Waals surface area contributed by atoms with Crippen molar-refractivity contribution in [1.29, 1.82) is 5.26 Å². The Morgan fingerprint density at radius 3 is 2.85 bits per heavy atom. The molecule has 184 valence electrons. The van der Waals surface area contributed by atoms with Crippen molar-refractivity contribution >= 4 is 24.7 Å². The third-order valence-corrected chi connectivity index (χ3v) is 7.69. The second-order valence-electron chi connectivity index (χ2n) is 8.72. The van der Waals surface area contributed by atoms with Gasteiger partial charge in [0.15, 0.2) is 0 Å². The Balaban J connectivity index is 1.45. The summed E-state index contributed by atoms with van der Waals surface area (Å²) in [6, 6.07) is 5.80.